The van der Waals surface area contributed by atoms with E-state index in [1.807, 2.05) is 0 Å². The van der Waals surface area contributed by atoms with Gasteiger partial charge < -0.3 is 9.47 Å². The molecule has 0 heterocycles. The molecule has 0 radical (unpaired) electrons. The first-order valence-electron chi connectivity index (χ1n) is 6.98. The number of ketones is 1. The fraction of sp³-hybridized carbons (Fsp3) is 0.667. The van der Waals surface area contributed by atoms with Gasteiger partial charge >= 0.3 is 11.9 Å². The molecule has 3 atom stereocenters. The number of Topliss-reactive ketones (excluding diaryl/α,β-unsaturated/α-hetero) is 1. The van der Waals surface area contributed by atoms with Crippen molar-refractivity contribution in [1.29, 1.82) is 0 Å². The number of hydrogen-bond acceptors (Lipinski definition) is 5. The summed E-state index contributed by atoms with van der Waals surface area (Å²) in [6.07, 6.45) is 6.21. The largest absolute Gasteiger partial charge is 0.468 e. The first-order chi connectivity index (χ1) is 9.60. The normalized spacial score (nSPS) is 29.8. The number of fused-ring (bicyclic) bond motifs is 1. The lowest BCUT2D eigenvalue weighted by Gasteiger charge is -2.34. The van der Waals surface area contributed by atoms with E-state index in [4.69, 9.17) is 9.47 Å². The molecule has 0 N–H and O–H groups in total. The lowest BCUT2D eigenvalue weighted by Crippen LogP contribution is -2.44. The van der Waals surface area contributed by atoms with E-state index in [9.17, 15) is 14.4 Å². The third-order valence-corrected chi connectivity index (χ3v) is 4.29. The Labute approximate surface area is 118 Å². The molecule has 0 aromatic carbocycles. The molecule has 2 unspecified atom stereocenters. The lowest BCUT2D eigenvalue weighted by atomic mass is 9.68. The molecule has 0 spiro atoms. The Morgan fingerprint density at radius 1 is 1.15 bits per heavy atom. The van der Waals surface area contributed by atoms with Gasteiger partial charge in [0.2, 0.25) is 0 Å². The third-order valence-electron chi connectivity index (χ3n) is 4.29. The van der Waals surface area contributed by atoms with E-state index in [2.05, 4.69) is 6.08 Å². The van der Waals surface area contributed by atoms with Gasteiger partial charge in [0.05, 0.1) is 14.2 Å². The molecule has 1 fully saturated rings. The Hall–Kier alpha value is -1.65. The second-order valence-corrected chi connectivity index (χ2v) is 5.35. The number of rotatable bonds is 2. The molecule has 0 aromatic heterocycles. The lowest BCUT2D eigenvalue weighted by molar-refractivity contribution is -0.158. The van der Waals surface area contributed by atoms with Crippen LogP contribution in [-0.4, -0.2) is 31.9 Å². The minimum atomic E-state index is -0.871. The van der Waals surface area contributed by atoms with Crippen molar-refractivity contribution < 1.29 is 23.9 Å². The molecule has 5 heteroatoms. The fourth-order valence-corrected chi connectivity index (χ4v) is 3.25. The SMILES string of the molecule is COC(=O)C1CC2=CCCCC[C@@H]2C(C(=O)OC)C1=O. The van der Waals surface area contributed by atoms with Gasteiger partial charge in [-0.05, 0) is 25.7 Å². The Morgan fingerprint density at radius 2 is 1.85 bits per heavy atom. The molecule has 0 bridgehead atoms. The van der Waals surface area contributed by atoms with Gasteiger partial charge in [-0.15, -0.1) is 0 Å². The second kappa shape index (κ2) is 6.20. The highest BCUT2D eigenvalue weighted by Gasteiger charge is 2.48. The summed E-state index contributed by atoms with van der Waals surface area (Å²) in [5.41, 5.74) is 1.04. The Kier molecular flexibility index (Phi) is 4.57. The van der Waals surface area contributed by atoms with Crippen molar-refractivity contribution in [1.82, 2.24) is 0 Å². The summed E-state index contributed by atoms with van der Waals surface area (Å²) >= 11 is 0. The molecule has 0 aliphatic heterocycles. The number of esters is 2. The zero-order chi connectivity index (χ0) is 14.7. The molecular weight excluding hydrogens is 260 g/mol. The summed E-state index contributed by atoms with van der Waals surface area (Å²) in [7, 11) is 2.54. The minimum absolute atomic E-state index is 0.113. The first-order valence-corrected chi connectivity index (χ1v) is 6.98. The molecule has 5 nitrogen and oxygen atoms in total. The standard InChI is InChI=1S/C15H20O5/c1-19-14(17)11-8-9-6-4-3-5-7-10(9)12(13(11)16)15(18)20-2/h6,10-12H,3-5,7-8H2,1-2H3/t10-,11?,12?/m0/s1. The Morgan fingerprint density at radius 3 is 2.50 bits per heavy atom. The Bertz CT molecular complexity index is 451. The van der Waals surface area contributed by atoms with Crippen LogP contribution in [0.15, 0.2) is 11.6 Å². The van der Waals surface area contributed by atoms with Gasteiger partial charge in [0, 0.05) is 5.92 Å². The molecular formula is C15H20O5. The van der Waals surface area contributed by atoms with Crippen molar-refractivity contribution in [3.63, 3.8) is 0 Å². The smallest absolute Gasteiger partial charge is 0.316 e. The topological polar surface area (TPSA) is 69.7 Å². The van der Waals surface area contributed by atoms with Crippen molar-refractivity contribution in [2.75, 3.05) is 14.2 Å². The van der Waals surface area contributed by atoms with Gasteiger partial charge in [-0.3, -0.25) is 14.4 Å². The van der Waals surface area contributed by atoms with Crippen LogP contribution in [0.4, 0.5) is 0 Å². The van der Waals surface area contributed by atoms with Crippen LogP contribution in [0.2, 0.25) is 0 Å². The molecule has 20 heavy (non-hydrogen) atoms. The van der Waals surface area contributed by atoms with Gasteiger partial charge in [0.15, 0.2) is 5.78 Å². The maximum absolute atomic E-state index is 12.5. The number of carbonyl (C=O) groups is 3. The summed E-state index contributed by atoms with van der Waals surface area (Å²) in [4.78, 5) is 36.2. The van der Waals surface area contributed by atoms with Crippen molar-refractivity contribution in [3.8, 4) is 0 Å². The molecule has 0 amide bonds. The summed E-state index contributed by atoms with van der Waals surface area (Å²) in [5, 5.41) is 0. The second-order valence-electron chi connectivity index (χ2n) is 5.35. The van der Waals surface area contributed by atoms with Gasteiger partial charge in [0.1, 0.15) is 11.8 Å². The first kappa shape index (κ1) is 14.8. The highest BCUT2D eigenvalue weighted by atomic mass is 16.5. The van der Waals surface area contributed by atoms with E-state index in [-0.39, 0.29) is 11.7 Å². The molecule has 0 aromatic rings. The highest BCUT2D eigenvalue weighted by molar-refractivity contribution is 6.09. The molecule has 110 valence electrons. The van der Waals surface area contributed by atoms with E-state index < -0.39 is 23.8 Å². The van der Waals surface area contributed by atoms with E-state index in [1.165, 1.54) is 14.2 Å². The number of methoxy groups -OCH3 is 2. The quantitative estimate of drug-likeness (QED) is 0.437. The Balaban J connectivity index is 2.36. The third kappa shape index (κ3) is 2.62. The monoisotopic (exact) mass is 280 g/mol. The van der Waals surface area contributed by atoms with Crippen molar-refractivity contribution in [3.05, 3.63) is 11.6 Å². The van der Waals surface area contributed by atoms with Crippen LogP contribution in [0, 0.1) is 17.8 Å². The van der Waals surface area contributed by atoms with Crippen LogP contribution in [0.3, 0.4) is 0 Å². The molecule has 2 rings (SSSR count). The predicted molar refractivity (Wildman–Crippen MR) is 70.7 cm³/mol. The number of allylic oxidation sites excluding steroid dienone is 2. The van der Waals surface area contributed by atoms with Crippen molar-refractivity contribution in [2.24, 2.45) is 17.8 Å². The zero-order valence-electron chi connectivity index (χ0n) is 11.9. The summed E-state index contributed by atoms with van der Waals surface area (Å²) < 4.78 is 9.47. The highest BCUT2D eigenvalue weighted by Crippen LogP contribution is 2.41. The van der Waals surface area contributed by atoms with Gasteiger partial charge in [-0.2, -0.15) is 0 Å². The summed E-state index contributed by atoms with van der Waals surface area (Å²) in [6, 6.07) is 0. The number of hydrogen-bond donors (Lipinski definition) is 0. The van der Waals surface area contributed by atoms with Gasteiger partial charge in [-0.1, -0.05) is 18.1 Å². The fourth-order valence-electron chi connectivity index (χ4n) is 3.25. The van der Waals surface area contributed by atoms with Gasteiger partial charge in [-0.25, -0.2) is 0 Å². The van der Waals surface area contributed by atoms with E-state index in [0.29, 0.717) is 6.42 Å². The molecule has 0 saturated heterocycles. The summed E-state index contributed by atoms with van der Waals surface area (Å²) in [6.45, 7) is 0. The van der Waals surface area contributed by atoms with Crippen molar-refractivity contribution in [2.45, 2.75) is 32.1 Å². The van der Waals surface area contributed by atoms with Gasteiger partial charge in [0.25, 0.3) is 0 Å². The molecule has 1 saturated carbocycles. The average Bonchev–Trinajstić information content (AvgIpc) is 2.70. The molecule has 2 aliphatic carbocycles. The van der Waals surface area contributed by atoms with Crippen LogP contribution < -0.4 is 0 Å². The molecule has 2 aliphatic rings. The maximum atomic E-state index is 12.5. The van der Waals surface area contributed by atoms with Crippen LogP contribution >= 0.6 is 0 Å². The van der Waals surface area contributed by atoms with Crippen LogP contribution in [0.25, 0.3) is 0 Å². The maximum Gasteiger partial charge on any atom is 0.316 e. The number of carbonyl (C=O) groups excluding carboxylic acids is 3. The number of ether oxygens (including phenoxy) is 2. The van der Waals surface area contributed by atoms with Crippen LogP contribution in [-0.2, 0) is 23.9 Å². The van der Waals surface area contributed by atoms with Crippen molar-refractivity contribution >= 4 is 17.7 Å². The summed E-state index contributed by atoms with van der Waals surface area (Å²) in [5.74, 6) is -3.30. The van der Waals surface area contributed by atoms with E-state index >= 15 is 0 Å². The minimum Gasteiger partial charge on any atom is -0.468 e. The van der Waals surface area contributed by atoms with E-state index in [1.54, 1.807) is 0 Å². The van der Waals surface area contributed by atoms with Crippen LogP contribution in [0.1, 0.15) is 32.1 Å². The average molecular weight is 280 g/mol. The van der Waals surface area contributed by atoms with Crippen LogP contribution in [0.5, 0.6) is 0 Å². The van der Waals surface area contributed by atoms with E-state index in [0.717, 1.165) is 31.3 Å². The zero-order valence-corrected chi connectivity index (χ0v) is 11.9. The predicted octanol–water partition coefficient (Wildman–Crippen LogP) is 1.65.